The minimum atomic E-state index is -3.52. The average Bonchev–Trinajstić information content (AvgIpc) is 2.86. The van der Waals surface area contributed by atoms with Gasteiger partial charge in [0.1, 0.15) is 13.2 Å². The van der Waals surface area contributed by atoms with E-state index in [4.69, 9.17) is 14.2 Å². The highest BCUT2D eigenvalue weighted by atomic mass is 32.2. The highest BCUT2D eigenvalue weighted by molar-refractivity contribution is 7.89. The van der Waals surface area contributed by atoms with Gasteiger partial charge in [-0.25, -0.2) is 13.8 Å². The molecule has 1 N–H and O–H groups in total. The lowest BCUT2D eigenvalue weighted by molar-refractivity contribution is -0.121. The Hall–Kier alpha value is -2.95. The number of hydrogen-bond donors (Lipinski definition) is 1. The Morgan fingerprint density at radius 1 is 1.00 bits per heavy atom. The van der Waals surface area contributed by atoms with Gasteiger partial charge in [0, 0.05) is 25.1 Å². The van der Waals surface area contributed by atoms with Crippen molar-refractivity contribution in [3.63, 3.8) is 0 Å². The van der Waals surface area contributed by atoms with Crippen molar-refractivity contribution in [2.45, 2.75) is 24.7 Å². The summed E-state index contributed by atoms with van der Waals surface area (Å²) in [7, 11) is -3.52. The molecule has 0 saturated carbocycles. The van der Waals surface area contributed by atoms with Crippen molar-refractivity contribution in [1.29, 1.82) is 0 Å². The Labute approximate surface area is 193 Å². The lowest BCUT2D eigenvalue weighted by Crippen LogP contribution is -2.40. The quantitative estimate of drug-likeness (QED) is 0.487. The molecule has 0 aromatic heterocycles. The lowest BCUT2D eigenvalue weighted by atomic mass is 10.1. The van der Waals surface area contributed by atoms with Crippen molar-refractivity contribution in [3.05, 3.63) is 53.6 Å². The second kappa shape index (κ2) is 10.3. The number of amides is 1. The van der Waals surface area contributed by atoms with E-state index in [-0.39, 0.29) is 17.2 Å². The number of nitrogens with zero attached hydrogens (tertiary/aromatic N) is 2. The van der Waals surface area contributed by atoms with E-state index >= 15 is 0 Å². The van der Waals surface area contributed by atoms with E-state index in [2.05, 4.69) is 10.5 Å². The van der Waals surface area contributed by atoms with Gasteiger partial charge in [0.05, 0.1) is 23.8 Å². The molecule has 2 aliphatic heterocycles. The van der Waals surface area contributed by atoms with Crippen LogP contribution in [0.4, 0.5) is 0 Å². The van der Waals surface area contributed by atoms with Crippen molar-refractivity contribution in [2.24, 2.45) is 5.10 Å². The van der Waals surface area contributed by atoms with Crippen LogP contribution in [0, 0.1) is 0 Å². The maximum Gasteiger partial charge on any atom is 0.243 e. The zero-order valence-electron chi connectivity index (χ0n) is 18.5. The van der Waals surface area contributed by atoms with Gasteiger partial charge in [-0.2, -0.15) is 9.41 Å². The van der Waals surface area contributed by atoms with Crippen LogP contribution in [0.3, 0.4) is 0 Å². The minimum absolute atomic E-state index is 0.225. The number of morpholine rings is 1. The summed E-state index contributed by atoms with van der Waals surface area (Å²) < 4.78 is 43.1. The van der Waals surface area contributed by atoms with Crippen molar-refractivity contribution in [3.8, 4) is 11.5 Å². The van der Waals surface area contributed by atoms with Crippen LogP contribution in [0.2, 0.25) is 0 Å². The smallest absolute Gasteiger partial charge is 0.243 e. The molecule has 0 radical (unpaired) electrons. The molecule has 1 amide bonds. The van der Waals surface area contributed by atoms with Crippen molar-refractivity contribution >= 4 is 21.6 Å². The maximum absolute atomic E-state index is 12.7. The lowest BCUT2D eigenvalue weighted by Gasteiger charge is -2.26. The predicted molar refractivity (Wildman–Crippen MR) is 122 cm³/mol. The van der Waals surface area contributed by atoms with Crippen LogP contribution in [0.5, 0.6) is 11.5 Å². The summed E-state index contributed by atoms with van der Waals surface area (Å²) in [6.07, 6.45) is 0.704. The molecule has 2 heterocycles. The molecule has 2 aromatic carbocycles. The molecule has 1 saturated heterocycles. The first-order valence-electron chi connectivity index (χ1n) is 10.8. The van der Waals surface area contributed by atoms with E-state index in [9.17, 15) is 13.2 Å². The zero-order chi connectivity index (χ0) is 23.3. The van der Waals surface area contributed by atoms with E-state index in [1.165, 1.54) is 4.31 Å². The van der Waals surface area contributed by atoms with Crippen molar-refractivity contribution in [1.82, 2.24) is 9.73 Å². The molecule has 2 aliphatic rings. The normalized spacial score (nSPS) is 16.9. The monoisotopic (exact) mass is 473 g/mol. The van der Waals surface area contributed by atoms with Gasteiger partial charge in [-0.15, -0.1) is 0 Å². The van der Waals surface area contributed by atoms with E-state index in [1.807, 2.05) is 18.2 Å². The highest BCUT2D eigenvalue weighted by Crippen LogP contribution is 2.30. The molecule has 1 fully saturated rings. The summed E-state index contributed by atoms with van der Waals surface area (Å²) in [5.74, 6) is 1.14. The number of nitrogens with one attached hydrogen (secondary N) is 1. The first-order chi connectivity index (χ1) is 15.9. The first kappa shape index (κ1) is 23.2. The van der Waals surface area contributed by atoms with Gasteiger partial charge in [-0.05, 0) is 49.2 Å². The first-order valence-corrected chi connectivity index (χ1v) is 12.3. The standard InChI is InChI=1S/C23H27N3O6S/c1-17(19-5-8-21-22(16-19)32-15-14-31-21)24-25-23(27)9-4-18-2-6-20(7-3-18)33(28,29)26-10-12-30-13-11-26/h2-3,5-8,16H,4,9-15H2,1H3,(H,25,27). The summed E-state index contributed by atoms with van der Waals surface area (Å²) >= 11 is 0. The third-order valence-corrected chi connectivity index (χ3v) is 7.39. The van der Waals surface area contributed by atoms with Gasteiger partial charge < -0.3 is 14.2 Å². The molecule has 0 atom stereocenters. The van der Waals surface area contributed by atoms with Gasteiger partial charge in [-0.1, -0.05) is 12.1 Å². The molecule has 0 spiro atoms. The number of ether oxygens (including phenoxy) is 3. The second-order valence-electron chi connectivity index (χ2n) is 7.75. The molecule has 9 nitrogen and oxygen atoms in total. The number of rotatable bonds is 7. The maximum atomic E-state index is 12.7. The van der Waals surface area contributed by atoms with Gasteiger partial charge in [0.15, 0.2) is 11.5 Å². The summed E-state index contributed by atoms with van der Waals surface area (Å²) in [5, 5.41) is 4.18. The Morgan fingerprint density at radius 3 is 2.42 bits per heavy atom. The van der Waals surface area contributed by atoms with Gasteiger partial charge in [0.25, 0.3) is 0 Å². The molecule has 2 aromatic rings. The fraction of sp³-hybridized carbons (Fsp3) is 0.391. The number of hydrogen-bond acceptors (Lipinski definition) is 7. The summed E-state index contributed by atoms with van der Waals surface area (Å²) in [6, 6.07) is 12.2. The van der Waals surface area contributed by atoms with Crippen LogP contribution in [0.15, 0.2) is 52.5 Å². The van der Waals surface area contributed by atoms with Crippen LogP contribution in [0.25, 0.3) is 0 Å². The van der Waals surface area contributed by atoms with Gasteiger partial charge in [-0.3, -0.25) is 4.79 Å². The Kier molecular flexibility index (Phi) is 7.26. The van der Waals surface area contributed by atoms with Crippen LogP contribution in [-0.4, -0.2) is 63.9 Å². The molecular formula is C23H27N3O6S. The largest absolute Gasteiger partial charge is 0.486 e. The number of fused-ring (bicyclic) bond motifs is 1. The van der Waals surface area contributed by atoms with Gasteiger partial charge >= 0.3 is 0 Å². The minimum Gasteiger partial charge on any atom is -0.486 e. The van der Waals surface area contributed by atoms with E-state index in [0.29, 0.717) is 63.1 Å². The molecular weight excluding hydrogens is 446 g/mol. The zero-order valence-corrected chi connectivity index (χ0v) is 19.3. The summed E-state index contributed by atoms with van der Waals surface area (Å²) in [4.78, 5) is 12.5. The van der Waals surface area contributed by atoms with E-state index in [1.54, 1.807) is 31.2 Å². The number of carbonyl (C=O) groups is 1. The SMILES string of the molecule is CC(=NNC(=O)CCc1ccc(S(=O)(=O)N2CCOCC2)cc1)c1ccc2c(c1)OCCO2. The summed E-state index contributed by atoms with van der Waals surface area (Å²) in [6.45, 7) is 4.36. The molecule has 10 heteroatoms. The molecule has 0 unspecified atom stereocenters. The molecule has 0 bridgehead atoms. The topological polar surface area (TPSA) is 107 Å². The van der Waals surface area contributed by atoms with Crippen LogP contribution >= 0.6 is 0 Å². The number of carbonyl (C=O) groups excluding carboxylic acids is 1. The van der Waals surface area contributed by atoms with Crippen molar-refractivity contribution in [2.75, 3.05) is 39.5 Å². The summed E-state index contributed by atoms with van der Waals surface area (Å²) in [5.41, 5.74) is 4.93. The Bertz CT molecular complexity index is 1130. The Morgan fingerprint density at radius 2 is 1.70 bits per heavy atom. The fourth-order valence-corrected chi connectivity index (χ4v) is 4.96. The molecule has 176 valence electrons. The second-order valence-corrected chi connectivity index (χ2v) is 9.69. The average molecular weight is 474 g/mol. The van der Waals surface area contributed by atoms with Crippen LogP contribution < -0.4 is 14.9 Å². The number of benzene rings is 2. The van der Waals surface area contributed by atoms with Crippen LogP contribution in [0.1, 0.15) is 24.5 Å². The number of aryl methyl sites for hydroxylation is 1. The molecule has 0 aliphatic carbocycles. The highest BCUT2D eigenvalue weighted by Gasteiger charge is 2.26. The van der Waals surface area contributed by atoms with Gasteiger partial charge in [0.2, 0.25) is 15.9 Å². The van der Waals surface area contributed by atoms with Crippen LogP contribution in [-0.2, 0) is 26.0 Å². The van der Waals surface area contributed by atoms with E-state index in [0.717, 1.165) is 11.1 Å². The van der Waals surface area contributed by atoms with E-state index < -0.39 is 10.0 Å². The molecule has 4 rings (SSSR count). The third kappa shape index (κ3) is 5.70. The predicted octanol–water partition coefficient (Wildman–Crippen LogP) is 1.95. The third-order valence-electron chi connectivity index (χ3n) is 5.48. The Balaban J connectivity index is 1.30. The molecule has 33 heavy (non-hydrogen) atoms. The fourth-order valence-electron chi connectivity index (χ4n) is 3.56. The van der Waals surface area contributed by atoms with Crippen molar-refractivity contribution < 1.29 is 27.4 Å². The number of hydrazone groups is 1. The number of sulfonamides is 1.